The second-order valence-electron chi connectivity index (χ2n) is 4.89. The molecule has 0 saturated carbocycles. The molecule has 78 valence electrons. The molecule has 1 aromatic rings. The maximum absolute atomic E-state index is 9.56. The van der Waals surface area contributed by atoms with Crippen molar-refractivity contribution in [1.29, 1.82) is 0 Å². The number of rotatable bonds is 1. The van der Waals surface area contributed by atoms with Crippen molar-refractivity contribution in [3.63, 3.8) is 0 Å². The largest absolute Gasteiger partial charge is 0.508 e. The fraction of sp³-hybridized carbons (Fsp3) is 0.500. The van der Waals surface area contributed by atoms with E-state index < -0.39 is 0 Å². The molecule has 0 aliphatic carbocycles. The van der Waals surface area contributed by atoms with Crippen molar-refractivity contribution in [2.75, 3.05) is 0 Å². The first-order valence-electron chi connectivity index (χ1n) is 4.87. The first kappa shape index (κ1) is 11.1. The highest BCUT2D eigenvalue weighted by Gasteiger charge is 2.22. The molecular weight excluding hydrogens is 174 g/mol. The smallest absolute Gasteiger partial charge is 0.118 e. The molecule has 0 aliphatic heterocycles. The third-order valence-electron chi connectivity index (χ3n) is 2.53. The van der Waals surface area contributed by atoms with Crippen molar-refractivity contribution in [3.8, 4) is 5.75 Å². The van der Waals surface area contributed by atoms with Crippen molar-refractivity contribution >= 4 is 0 Å². The van der Waals surface area contributed by atoms with Crippen LogP contribution >= 0.6 is 0 Å². The zero-order valence-electron chi connectivity index (χ0n) is 9.33. The van der Waals surface area contributed by atoms with Gasteiger partial charge in [-0.25, -0.2) is 0 Å². The van der Waals surface area contributed by atoms with Crippen LogP contribution in [0.15, 0.2) is 18.2 Å². The molecule has 0 saturated heterocycles. The number of hydrogen-bond donors (Lipinski definition) is 2. The lowest BCUT2D eigenvalue weighted by atomic mass is 9.83. The Bertz CT molecular complexity index is 326. The van der Waals surface area contributed by atoms with E-state index in [-0.39, 0.29) is 11.5 Å². The van der Waals surface area contributed by atoms with Crippen molar-refractivity contribution < 1.29 is 5.11 Å². The molecule has 0 heterocycles. The number of hydrogen-bond acceptors (Lipinski definition) is 2. The molecule has 0 unspecified atom stereocenters. The number of aromatic hydroxyl groups is 1. The molecule has 0 radical (unpaired) electrons. The molecule has 0 aliphatic rings. The molecule has 0 amide bonds. The predicted octanol–water partition coefficient (Wildman–Crippen LogP) is 2.75. The number of phenolic OH excluding ortho intramolecular Hbond substituents is 1. The summed E-state index contributed by atoms with van der Waals surface area (Å²) in [6.07, 6.45) is 0. The molecule has 1 atom stereocenters. The zero-order chi connectivity index (χ0) is 10.9. The Hall–Kier alpha value is -1.02. The van der Waals surface area contributed by atoms with E-state index in [0.717, 1.165) is 11.1 Å². The molecule has 3 N–H and O–H groups in total. The van der Waals surface area contributed by atoms with Gasteiger partial charge in [0.1, 0.15) is 5.75 Å². The van der Waals surface area contributed by atoms with Crippen LogP contribution < -0.4 is 5.73 Å². The molecule has 0 spiro atoms. The van der Waals surface area contributed by atoms with Crippen molar-refractivity contribution in [2.45, 2.75) is 33.7 Å². The van der Waals surface area contributed by atoms with E-state index in [9.17, 15) is 5.11 Å². The van der Waals surface area contributed by atoms with Crippen LogP contribution in [0.25, 0.3) is 0 Å². The minimum absolute atomic E-state index is 0.0156. The number of phenols is 1. The summed E-state index contributed by atoms with van der Waals surface area (Å²) < 4.78 is 0. The first-order valence-corrected chi connectivity index (χ1v) is 4.87. The molecular formula is C12H19NO. The van der Waals surface area contributed by atoms with Gasteiger partial charge in [-0.15, -0.1) is 0 Å². The maximum Gasteiger partial charge on any atom is 0.118 e. The van der Waals surface area contributed by atoms with E-state index in [0.29, 0.717) is 5.75 Å². The van der Waals surface area contributed by atoms with Crippen molar-refractivity contribution in [2.24, 2.45) is 11.1 Å². The fourth-order valence-electron chi connectivity index (χ4n) is 1.32. The van der Waals surface area contributed by atoms with E-state index in [4.69, 9.17) is 5.73 Å². The van der Waals surface area contributed by atoms with Gasteiger partial charge in [0, 0.05) is 6.04 Å². The van der Waals surface area contributed by atoms with Crippen LogP contribution in [0.5, 0.6) is 5.75 Å². The van der Waals surface area contributed by atoms with Gasteiger partial charge in [0.15, 0.2) is 0 Å². The Morgan fingerprint density at radius 3 is 2.29 bits per heavy atom. The number of nitrogens with two attached hydrogens (primary N) is 1. The third-order valence-corrected chi connectivity index (χ3v) is 2.53. The highest BCUT2D eigenvalue weighted by molar-refractivity contribution is 5.37. The second-order valence-corrected chi connectivity index (χ2v) is 4.89. The molecule has 2 heteroatoms. The molecule has 0 aromatic heterocycles. The summed E-state index contributed by atoms with van der Waals surface area (Å²) >= 11 is 0. The van der Waals surface area contributed by atoms with Crippen LogP contribution in [-0.2, 0) is 0 Å². The average Bonchev–Trinajstić information content (AvgIpc) is 2.07. The molecule has 0 bridgehead atoms. The van der Waals surface area contributed by atoms with Crippen LogP contribution in [0.1, 0.15) is 37.9 Å². The summed E-state index contributed by atoms with van der Waals surface area (Å²) in [5.74, 6) is 0.321. The Morgan fingerprint density at radius 2 is 1.86 bits per heavy atom. The van der Waals surface area contributed by atoms with Crippen molar-refractivity contribution in [3.05, 3.63) is 29.3 Å². The molecule has 14 heavy (non-hydrogen) atoms. The number of benzene rings is 1. The minimum atomic E-state index is -0.0472. The molecule has 1 rings (SSSR count). The van der Waals surface area contributed by atoms with Crippen LogP contribution in [0.2, 0.25) is 0 Å². The standard InChI is InChI=1S/C12H19NO/c1-8-5-6-9(7-10(8)14)11(13)12(2,3)4/h5-7,11,14H,13H2,1-4H3/t11-/m0/s1. The predicted molar refractivity (Wildman–Crippen MR) is 59.2 cm³/mol. The van der Waals surface area contributed by atoms with Crippen LogP contribution in [0.4, 0.5) is 0 Å². The van der Waals surface area contributed by atoms with Gasteiger partial charge < -0.3 is 10.8 Å². The Morgan fingerprint density at radius 1 is 1.29 bits per heavy atom. The highest BCUT2D eigenvalue weighted by atomic mass is 16.3. The molecule has 1 aromatic carbocycles. The lowest BCUT2D eigenvalue weighted by Crippen LogP contribution is -2.26. The maximum atomic E-state index is 9.56. The summed E-state index contributed by atoms with van der Waals surface area (Å²) in [5.41, 5.74) is 7.97. The van der Waals surface area contributed by atoms with Gasteiger partial charge in [-0.1, -0.05) is 32.9 Å². The normalized spacial score (nSPS) is 14.1. The van der Waals surface area contributed by atoms with Gasteiger partial charge in [-0.2, -0.15) is 0 Å². The fourth-order valence-corrected chi connectivity index (χ4v) is 1.32. The summed E-state index contributed by atoms with van der Waals surface area (Å²) in [6, 6.07) is 5.58. The van der Waals surface area contributed by atoms with Crippen LogP contribution in [0.3, 0.4) is 0 Å². The van der Waals surface area contributed by atoms with Gasteiger partial charge in [-0.05, 0) is 29.5 Å². The minimum Gasteiger partial charge on any atom is -0.508 e. The van der Waals surface area contributed by atoms with Gasteiger partial charge in [-0.3, -0.25) is 0 Å². The topological polar surface area (TPSA) is 46.2 Å². The summed E-state index contributed by atoms with van der Waals surface area (Å²) in [5, 5.41) is 9.56. The van der Waals surface area contributed by atoms with E-state index in [1.54, 1.807) is 6.07 Å². The van der Waals surface area contributed by atoms with Gasteiger partial charge >= 0.3 is 0 Å². The second kappa shape index (κ2) is 3.62. The third kappa shape index (κ3) is 2.26. The lowest BCUT2D eigenvalue weighted by Gasteiger charge is -2.27. The highest BCUT2D eigenvalue weighted by Crippen LogP contribution is 2.32. The van der Waals surface area contributed by atoms with Gasteiger partial charge in [0.05, 0.1) is 0 Å². The van der Waals surface area contributed by atoms with Crippen LogP contribution in [0, 0.1) is 12.3 Å². The van der Waals surface area contributed by atoms with E-state index in [1.165, 1.54) is 0 Å². The van der Waals surface area contributed by atoms with E-state index >= 15 is 0 Å². The van der Waals surface area contributed by atoms with Crippen LogP contribution in [-0.4, -0.2) is 5.11 Å². The SMILES string of the molecule is Cc1ccc([C@H](N)C(C)(C)C)cc1O. The Balaban J connectivity index is 3.03. The Labute approximate surface area is 85.8 Å². The summed E-state index contributed by atoms with van der Waals surface area (Å²) in [6.45, 7) is 8.15. The van der Waals surface area contributed by atoms with E-state index in [1.807, 2.05) is 19.1 Å². The van der Waals surface area contributed by atoms with Gasteiger partial charge in [0.2, 0.25) is 0 Å². The number of aryl methyl sites for hydroxylation is 1. The first-order chi connectivity index (χ1) is 6.32. The zero-order valence-corrected chi connectivity index (χ0v) is 9.33. The quantitative estimate of drug-likeness (QED) is 0.720. The lowest BCUT2D eigenvalue weighted by molar-refractivity contribution is 0.326. The van der Waals surface area contributed by atoms with Gasteiger partial charge in [0.25, 0.3) is 0 Å². The monoisotopic (exact) mass is 193 g/mol. The summed E-state index contributed by atoms with van der Waals surface area (Å²) in [7, 11) is 0. The Kier molecular flexibility index (Phi) is 2.86. The average molecular weight is 193 g/mol. The molecule has 0 fully saturated rings. The summed E-state index contributed by atoms with van der Waals surface area (Å²) in [4.78, 5) is 0. The molecule has 2 nitrogen and oxygen atoms in total. The van der Waals surface area contributed by atoms with Crippen molar-refractivity contribution in [1.82, 2.24) is 0 Å². The van der Waals surface area contributed by atoms with E-state index in [2.05, 4.69) is 20.8 Å².